The zero-order valence-electron chi connectivity index (χ0n) is 9.12. The van der Waals surface area contributed by atoms with Crippen LogP contribution >= 0.6 is 0 Å². The first kappa shape index (κ1) is 12.1. The van der Waals surface area contributed by atoms with Gasteiger partial charge in [-0.25, -0.2) is 4.39 Å². The summed E-state index contributed by atoms with van der Waals surface area (Å²) in [5.41, 5.74) is 0.981. The summed E-state index contributed by atoms with van der Waals surface area (Å²) in [5, 5.41) is 8.73. The van der Waals surface area contributed by atoms with Gasteiger partial charge in [-0.2, -0.15) is 0 Å². The third kappa shape index (κ3) is 4.40. The van der Waals surface area contributed by atoms with Crippen LogP contribution in [0.15, 0.2) is 24.3 Å². The lowest BCUT2D eigenvalue weighted by Crippen LogP contribution is -2.24. The van der Waals surface area contributed by atoms with Gasteiger partial charge in [0.2, 0.25) is 0 Å². The van der Waals surface area contributed by atoms with Crippen LogP contribution in [0.3, 0.4) is 0 Å². The van der Waals surface area contributed by atoms with Crippen molar-refractivity contribution in [3.63, 3.8) is 0 Å². The summed E-state index contributed by atoms with van der Waals surface area (Å²) in [5.74, 6) is -0.189. The average molecular weight is 211 g/mol. The topological polar surface area (TPSA) is 23.5 Å². The number of benzene rings is 1. The number of hydrogen-bond acceptors (Lipinski definition) is 2. The number of nitrogens with zero attached hydrogens (tertiary/aromatic N) is 1. The molecule has 84 valence electrons. The minimum absolute atomic E-state index is 0.189. The van der Waals surface area contributed by atoms with Crippen molar-refractivity contribution < 1.29 is 9.50 Å². The Morgan fingerprint density at radius 2 is 2.20 bits per heavy atom. The number of aliphatic hydroxyl groups is 1. The Bertz CT molecular complexity index is 291. The molecule has 1 aromatic rings. The number of rotatable bonds is 6. The summed E-state index contributed by atoms with van der Waals surface area (Å²) in [6.07, 6.45) is 0.767. The van der Waals surface area contributed by atoms with Gasteiger partial charge < -0.3 is 5.11 Å². The Balaban J connectivity index is 2.50. The fourth-order valence-corrected chi connectivity index (χ4v) is 1.54. The molecule has 0 atom stereocenters. The largest absolute Gasteiger partial charge is 0.396 e. The van der Waals surface area contributed by atoms with E-state index < -0.39 is 0 Å². The maximum atomic E-state index is 12.9. The maximum Gasteiger partial charge on any atom is 0.123 e. The van der Waals surface area contributed by atoms with Gasteiger partial charge in [-0.3, -0.25) is 4.90 Å². The fourth-order valence-electron chi connectivity index (χ4n) is 1.54. The second-order valence-corrected chi connectivity index (χ2v) is 3.58. The molecule has 15 heavy (non-hydrogen) atoms. The molecule has 0 aliphatic rings. The molecule has 0 heterocycles. The van der Waals surface area contributed by atoms with Crippen molar-refractivity contribution in [1.82, 2.24) is 4.90 Å². The van der Waals surface area contributed by atoms with Gasteiger partial charge in [0, 0.05) is 19.7 Å². The molecule has 0 saturated carbocycles. The van der Waals surface area contributed by atoms with Crippen LogP contribution in [0.25, 0.3) is 0 Å². The predicted octanol–water partition coefficient (Wildman–Crippen LogP) is 2.03. The van der Waals surface area contributed by atoms with Gasteiger partial charge in [0.1, 0.15) is 5.82 Å². The highest BCUT2D eigenvalue weighted by Gasteiger charge is 2.03. The highest BCUT2D eigenvalue weighted by atomic mass is 19.1. The Morgan fingerprint density at radius 1 is 1.40 bits per heavy atom. The minimum atomic E-state index is -0.189. The van der Waals surface area contributed by atoms with Crippen molar-refractivity contribution in [3.8, 4) is 0 Å². The number of aliphatic hydroxyl groups excluding tert-OH is 1. The maximum absolute atomic E-state index is 12.9. The van der Waals surface area contributed by atoms with E-state index in [1.807, 2.05) is 6.07 Å². The summed E-state index contributed by atoms with van der Waals surface area (Å²) in [4.78, 5) is 2.19. The van der Waals surface area contributed by atoms with Crippen molar-refractivity contribution in [2.24, 2.45) is 0 Å². The van der Waals surface area contributed by atoms with Crippen LogP contribution in [0.5, 0.6) is 0 Å². The summed E-state index contributed by atoms with van der Waals surface area (Å²) in [7, 11) is 0. The molecule has 0 aliphatic carbocycles. The molecule has 3 heteroatoms. The summed E-state index contributed by atoms with van der Waals surface area (Å²) in [6, 6.07) is 6.66. The number of halogens is 1. The van der Waals surface area contributed by atoms with Crippen molar-refractivity contribution in [3.05, 3.63) is 35.6 Å². The molecule has 1 rings (SSSR count). The Morgan fingerprint density at radius 3 is 2.80 bits per heavy atom. The molecular weight excluding hydrogens is 193 g/mol. The molecule has 0 bridgehead atoms. The fraction of sp³-hybridized carbons (Fsp3) is 0.500. The zero-order valence-corrected chi connectivity index (χ0v) is 9.12. The van der Waals surface area contributed by atoms with Gasteiger partial charge in [-0.05, 0) is 30.7 Å². The molecule has 2 nitrogen and oxygen atoms in total. The molecule has 0 unspecified atom stereocenters. The molecule has 0 fully saturated rings. The van der Waals surface area contributed by atoms with Crippen LogP contribution in [-0.4, -0.2) is 29.7 Å². The van der Waals surface area contributed by atoms with Crippen molar-refractivity contribution in [2.45, 2.75) is 19.9 Å². The first-order valence-corrected chi connectivity index (χ1v) is 5.34. The molecule has 0 radical (unpaired) electrons. The molecular formula is C12H18FNO. The predicted molar refractivity (Wildman–Crippen MR) is 59.1 cm³/mol. The second kappa shape index (κ2) is 6.53. The van der Waals surface area contributed by atoms with E-state index in [9.17, 15) is 4.39 Å². The monoisotopic (exact) mass is 211 g/mol. The van der Waals surface area contributed by atoms with E-state index in [2.05, 4.69) is 11.8 Å². The van der Waals surface area contributed by atoms with Gasteiger partial charge >= 0.3 is 0 Å². The first-order valence-electron chi connectivity index (χ1n) is 5.34. The van der Waals surface area contributed by atoms with E-state index in [-0.39, 0.29) is 12.4 Å². The highest BCUT2D eigenvalue weighted by Crippen LogP contribution is 2.07. The van der Waals surface area contributed by atoms with Gasteiger partial charge in [-0.1, -0.05) is 19.1 Å². The van der Waals surface area contributed by atoms with E-state index in [1.165, 1.54) is 6.07 Å². The van der Waals surface area contributed by atoms with Crippen LogP contribution in [0.1, 0.15) is 18.9 Å². The Hall–Kier alpha value is -0.930. The molecule has 0 spiro atoms. The summed E-state index contributed by atoms with van der Waals surface area (Å²) < 4.78 is 12.9. The Labute approximate surface area is 90.3 Å². The quantitative estimate of drug-likeness (QED) is 0.778. The normalized spacial score (nSPS) is 10.9. The lowest BCUT2D eigenvalue weighted by molar-refractivity contribution is 0.225. The smallest absolute Gasteiger partial charge is 0.123 e. The lowest BCUT2D eigenvalue weighted by atomic mass is 10.2. The summed E-state index contributed by atoms with van der Waals surface area (Å²) >= 11 is 0. The van der Waals surface area contributed by atoms with E-state index in [0.717, 1.165) is 31.6 Å². The van der Waals surface area contributed by atoms with Gasteiger partial charge in [-0.15, -0.1) is 0 Å². The van der Waals surface area contributed by atoms with Crippen molar-refractivity contribution >= 4 is 0 Å². The van der Waals surface area contributed by atoms with E-state index in [1.54, 1.807) is 12.1 Å². The van der Waals surface area contributed by atoms with Crippen LogP contribution < -0.4 is 0 Å². The highest BCUT2D eigenvalue weighted by molar-refractivity contribution is 5.16. The van der Waals surface area contributed by atoms with E-state index in [0.29, 0.717) is 0 Å². The first-order chi connectivity index (χ1) is 7.26. The van der Waals surface area contributed by atoms with Crippen LogP contribution in [0, 0.1) is 5.82 Å². The molecule has 1 aromatic carbocycles. The zero-order chi connectivity index (χ0) is 11.1. The van der Waals surface area contributed by atoms with Crippen molar-refractivity contribution in [1.29, 1.82) is 0 Å². The SMILES string of the molecule is CCN(CCCO)Cc1cccc(F)c1. The lowest BCUT2D eigenvalue weighted by Gasteiger charge is -2.19. The van der Waals surface area contributed by atoms with Gasteiger partial charge in [0.05, 0.1) is 0 Å². The standard InChI is InChI=1S/C12H18FNO/c1-2-14(7-4-8-15)10-11-5-3-6-12(13)9-11/h3,5-6,9,15H,2,4,7-8,10H2,1H3. The van der Waals surface area contributed by atoms with Gasteiger partial charge in [0.25, 0.3) is 0 Å². The summed E-state index contributed by atoms with van der Waals surface area (Å²) in [6.45, 7) is 4.78. The third-order valence-corrected chi connectivity index (χ3v) is 2.37. The van der Waals surface area contributed by atoms with Crippen molar-refractivity contribution in [2.75, 3.05) is 19.7 Å². The molecule has 0 aliphatic heterocycles. The number of hydrogen-bond donors (Lipinski definition) is 1. The molecule has 0 amide bonds. The molecule has 0 aromatic heterocycles. The van der Waals surface area contributed by atoms with Crippen LogP contribution in [0.2, 0.25) is 0 Å². The van der Waals surface area contributed by atoms with Crippen LogP contribution in [0.4, 0.5) is 4.39 Å². The molecule has 1 N–H and O–H groups in total. The molecule has 0 saturated heterocycles. The van der Waals surface area contributed by atoms with Gasteiger partial charge in [0.15, 0.2) is 0 Å². The van der Waals surface area contributed by atoms with E-state index in [4.69, 9.17) is 5.11 Å². The minimum Gasteiger partial charge on any atom is -0.396 e. The third-order valence-electron chi connectivity index (χ3n) is 2.37. The van der Waals surface area contributed by atoms with Crippen LogP contribution in [-0.2, 0) is 6.54 Å². The average Bonchev–Trinajstić information content (AvgIpc) is 2.24. The Kier molecular flexibility index (Phi) is 5.29. The second-order valence-electron chi connectivity index (χ2n) is 3.58. The van der Waals surface area contributed by atoms with E-state index >= 15 is 0 Å².